The van der Waals surface area contributed by atoms with E-state index in [0.717, 1.165) is 22.2 Å². The highest BCUT2D eigenvalue weighted by atomic mass is 35.5. The molecule has 0 fully saturated rings. The Hall–Kier alpha value is -1.93. The molecule has 0 aliphatic rings. The minimum absolute atomic E-state index is 0.254. The van der Waals surface area contributed by atoms with E-state index in [9.17, 15) is 4.39 Å². The van der Waals surface area contributed by atoms with Crippen LogP contribution in [-0.4, -0.2) is 4.98 Å². The molecule has 0 aliphatic carbocycles. The van der Waals surface area contributed by atoms with Gasteiger partial charge in [-0.15, -0.1) is 11.6 Å². The first kappa shape index (κ1) is 14.0. The van der Waals surface area contributed by atoms with E-state index in [-0.39, 0.29) is 5.82 Å². The SMILES string of the molecule is Cc1ccc(C(Cl)Cc2ccc3ccccc3n2)c(F)c1. The van der Waals surface area contributed by atoms with Crippen molar-refractivity contribution in [2.45, 2.75) is 18.7 Å². The third-order valence-corrected chi connectivity index (χ3v) is 3.93. The Morgan fingerprint density at radius 2 is 1.90 bits per heavy atom. The van der Waals surface area contributed by atoms with Crippen LogP contribution >= 0.6 is 11.6 Å². The molecule has 1 atom stereocenters. The van der Waals surface area contributed by atoms with Crippen LogP contribution in [0, 0.1) is 12.7 Å². The number of rotatable bonds is 3. The monoisotopic (exact) mass is 299 g/mol. The Morgan fingerprint density at radius 1 is 1.10 bits per heavy atom. The summed E-state index contributed by atoms with van der Waals surface area (Å²) in [4.78, 5) is 4.58. The molecule has 3 rings (SSSR count). The molecule has 1 nitrogen and oxygen atoms in total. The molecule has 0 saturated heterocycles. The number of hydrogen-bond donors (Lipinski definition) is 0. The van der Waals surface area contributed by atoms with Gasteiger partial charge in [-0.1, -0.05) is 36.4 Å². The zero-order valence-corrected chi connectivity index (χ0v) is 12.4. The van der Waals surface area contributed by atoms with Crippen molar-refractivity contribution in [1.82, 2.24) is 4.98 Å². The smallest absolute Gasteiger partial charge is 0.128 e. The lowest BCUT2D eigenvalue weighted by atomic mass is 10.0. The predicted molar refractivity (Wildman–Crippen MR) is 85.2 cm³/mol. The normalized spacial score (nSPS) is 12.5. The molecule has 1 unspecified atom stereocenters. The number of halogens is 2. The van der Waals surface area contributed by atoms with Gasteiger partial charge in [-0.05, 0) is 30.7 Å². The predicted octanol–water partition coefficient (Wildman–Crippen LogP) is 5.20. The van der Waals surface area contributed by atoms with Crippen LogP contribution in [0.2, 0.25) is 0 Å². The Kier molecular flexibility index (Phi) is 3.89. The van der Waals surface area contributed by atoms with Gasteiger partial charge in [-0.2, -0.15) is 0 Å². The van der Waals surface area contributed by atoms with Gasteiger partial charge in [0.25, 0.3) is 0 Å². The minimum atomic E-state index is -0.417. The molecule has 0 bridgehead atoms. The number of pyridine rings is 1. The molecule has 0 N–H and O–H groups in total. The summed E-state index contributed by atoms with van der Waals surface area (Å²) in [6.07, 6.45) is 0.506. The third kappa shape index (κ3) is 3.06. The van der Waals surface area contributed by atoms with Crippen molar-refractivity contribution in [1.29, 1.82) is 0 Å². The van der Waals surface area contributed by atoms with Crippen LogP contribution in [0.4, 0.5) is 4.39 Å². The maximum absolute atomic E-state index is 14.0. The van der Waals surface area contributed by atoms with E-state index in [0.29, 0.717) is 12.0 Å². The first-order chi connectivity index (χ1) is 10.1. The zero-order chi connectivity index (χ0) is 14.8. The molecule has 1 heterocycles. The van der Waals surface area contributed by atoms with Crippen LogP contribution in [-0.2, 0) is 6.42 Å². The van der Waals surface area contributed by atoms with Crippen LogP contribution in [0.3, 0.4) is 0 Å². The van der Waals surface area contributed by atoms with Crippen molar-refractivity contribution < 1.29 is 4.39 Å². The number of hydrogen-bond acceptors (Lipinski definition) is 1. The van der Waals surface area contributed by atoms with Gasteiger partial charge < -0.3 is 0 Å². The molecule has 0 radical (unpaired) electrons. The summed E-state index contributed by atoms with van der Waals surface area (Å²) in [5, 5.41) is 0.674. The fourth-order valence-electron chi connectivity index (χ4n) is 2.40. The highest BCUT2D eigenvalue weighted by Gasteiger charge is 2.14. The number of nitrogens with zero attached hydrogens (tertiary/aromatic N) is 1. The number of alkyl halides is 1. The van der Waals surface area contributed by atoms with E-state index in [1.54, 1.807) is 6.07 Å². The Balaban J connectivity index is 1.87. The van der Waals surface area contributed by atoms with Crippen LogP contribution < -0.4 is 0 Å². The molecular formula is C18H15ClFN. The van der Waals surface area contributed by atoms with Gasteiger partial charge in [-0.25, -0.2) is 4.39 Å². The van der Waals surface area contributed by atoms with Crippen molar-refractivity contribution >= 4 is 22.5 Å². The van der Waals surface area contributed by atoms with Crippen molar-refractivity contribution in [3.05, 3.63) is 77.2 Å². The average Bonchev–Trinajstić information content (AvgIpc) is 2.47. The molecule has 0 aliphatic heterocycles. The number of aryl methyl sites for hydroxylation is 1. The Labute approximate surface area is 128 Å². The maximum atomic E-state index is 14.0. The van der Waals surface area contributed by atoms with E-state index < -0.39 is 5.38 Å². The number of para-hydroxylation sites is 1. The lowest BCUT2D eigenvalue weighted by Gasteiger charge is -2.11. The summed E-state index contributed by atoms with van der Waals surface area (Å²) < 4.78 is 14.0. The fourth-order valence-corrected chi connectivity index (χ4v) is 2.74. The second-order valence-corrected chi connectivity index (χ2v) is 5.72. The van der Waals surface area contributed by atoms with Crippen LogP contribution in [0.1, 0.15) is 22.2 Å². The Bertz CT molecular complexity index is 785. The van der Waals surface area contributed by atoms with E-state index in [1.807, 2.05) is 49.4 Å². The summed E-state index contributed by atoms with van der Waals surface area (Å²) in [5.74, 6) is -0.254. The zero-order valence-electron chi connectivity index (χ0n) is 11.7. The molecule has 0 spiro atoms. The third-order valence-electron chi connectivity index (χ3n) is 3.54. The van der Waals surface area contributed by atoms with Gasteiger partial charge in [0.05, 0.1) is 10.9 Å². The standard InChI is InChI=1S/C18H15ClFN/c1-12-6-9-15(17(20)10-12)16(19)11-14-8-7-13-4-2-3-5-18(13)21-14/h2-10,16H,11H2,1H3. The van der Waals surface area contributed by atoms with Gasteiger partial charge in [0.2, 0.25) is 0 Å². The molecule has 106 valence electrons. The number of benzene rings is 2. The van der Waals surface area contributed by atoms with Crippen molar-refractivity contribution in [3.8, 4) is 0 Å². The highest BCUT2D eigenvalue weighted by Crippen LogP contribution is 2.27. The molecule has 2 aromatic carbocycles. The number of aromatic nitrogens is 1. The first-order valence-corrected chi connectivity index (χ1v) is 7.32. The second-order valence-electron chi connectivity index (χ2n) is 5.19. The molecular weight excluding hydrogens is 285 g/mol. The van der Waals surface area contributed by atoms with Gasteiger partial charge in [-0.3, -0.25) is 4.98 Å². The van der Waals surface area contributed by atoms with Crippen LogP contribution in [0.25, 0.3) is 10.9 Å². The summed E-state index contributed by atoms with van der Waals surface area (Å²) in [5.41, 5.74) is 3.22. The molecule has 21 heavy (non-hydrogen) atoms. The summed E-state index contributed by atoms with van der Waals surface area (Å²) in [6.45, 7) is 1.86. The summed E-state index contributed by atoms with van der Waals surface area (Å²) in [6, 6.07) is 17.0. The van der Waals surface area contributed by atoms with Gasteiger partial charge in [0.15, 0.2) is 0 Å². The molecule has 0 saturated carbocycles. The van der Waals surface area contributed by atoms with E-state index in [4.69, 9.17) is 11.6 Å². The quantitative estimate of drug-likeness (QED) is 0.605. The molecule has 3 aromatic rings. The Morgan fingerprint density at radius 3 is 2.71 bits per heavy atom. The van der Waals surface area contributed by atoms with E-state index >= 15 is 0 Å². The number of fused-ring (bicyclic) bond motifs is 1. The average molecular weight is 300 g/mol. The molecule has 1 aromatic heterocycles. The van der Waals surface area contributed by atoms with Gasteiger partial charge in [0.1, 0.15) is 5.82 Å². The topological polar surface area (TPSA) is 12.9 Å². The van der Waals surface area contributed by atoms with Crippen LogP contribution in [0.5, 0.6) is 0 Å². The summed E-state index contributed by atoms with van der Waals surface area (Å²) >= 11 is 6.37. The lowest BCUT2D eigenvalue weighted by Crippen LogP contribution is -2.01. The largest absolute Gasteiger partial charge is 0.253 e. The highest BCUT2D eigenvalue weighted by molar-refractivity contribution is 6.20. The minimum Gasteiger partial charge on any atom is -0.253 e. The van der Waals surface area contributed by atoms with Crippen molar-refractivity contribution in [2.24, 2.45) is 0 Å². The molecule has 3 heteroatoms. The van der Waals surface area contributed by atoms with Crippen molar-refractivity contribution in [2.75, 3.05) is 0 Å². The summed E-state index contributed by atoms with van der Waals surface area (Å²) in [7, 11) is 0. The van der Waals surface area contributed by atoms with Gasteiger partial charge >= 0.3 is 0 Å². The van der Waals surface area contributed by atoms with E-state index in [2.05, 4.69) is 4.98 Å². The maximum Gasteiger partial charge on any atom is 0.128 e. The molecule has 0 amide bonds. The lowest BCUT2D eigenvalue weighted by molar-refractivity contribution is 0.604. The second kappa shape index (κ2) is 5.82. The van der Waals surface area contributed by atoms with Gasteiger partial charge in [0, 0.05) is 23.1 Å². The fraction of sp³-hybridized carbons (Fsp3) is 0.167. The van der Waals surface area contributed by atoms with Crippen molar-refractivity contribution in [3.63, 3.8) is 0 Å². The first-order valence-electron chi connectivity index (χ1n) is 6.88. The van der Waals surface area contributed by atoms with E-state index in [1.165, 1.54) is 6.07 Å². The van der Waals surface area contributed by atoms with Crippen LogP contribution in [0.15, 0.2) is 54.6 Å².